The van der Waals surface area contributed by atoms with Gasteiger partial charge in [-0.05, 0) is 37.6 Å². The van der Waals surface area contributed by atoms with Gasteiger partial charge < -0.3 is 4.74 Å². The molecule has 1 aromatic rings. The maximum Gasteiger partial charge on any atom is 0.245 e. The standard InChI is InChI=1S/C11H14FNO3S/c1-8-7-10(3-4-11(8)12)17(14,15)13-5-6-16-9(13)2/h3-4,7,9H,5-6H2,1-2H3. The zero-order valence-corrected chi connectivity index (χ0v) is 10.5. The molecule has 0 bridgehead atoms. The van der Waals surface area contributed by atoms with Crippen LogP contribution in [0.15, 0.2) is 23.1 Å². The smallest absolute Gasteiger partial charge is 0.245 e. The fourth-order valence-electron chi connectivity index (χ4n) is 1.81. The van der Waals surface area contributed by atoms with Crippen molar-refractivity contribution in [1.82, 2.24) is 4.31 Å². The highest BCUT2D eigenvalue weighted by molar-refractivity contribution is 7.89. The molecule has 1 atom stereocenters. The predicted octanol–water partition coefficient (Wildman–Crippen LogP) is 1.50. The number of hydrogen-bond acceptors (Lipinski definition) is 3. The van der Waals surface area contributed by atoms with Gasteiger partial charge in [-0.15, -0.1) is 0 Å². The SMILES string of the molecule is Cc1cc(S(=O)(=O)N2CCOC2C)ccc1F. The molecule has 0 saturated carbocycles. The molecule has 0 radical (unpaired) electrons. The van der Waals surface area contributed by atoms with Gasteiger partial charge in [0.05, 0.1) is 11.5 Å². The fourth-order valence-corrected chi connectivity index (χ4v) is 3.41. The predicted molar refractivity (Wildman–Crippen MR) is 60.4 cm³/mol. The van der Waals surface area contributed by atoms with Crippen LogP contribution in [0.2, 0.25) is 0 Å². The summed E-state index contributed by atoms with van der Waals surface area (Å²) in [6, 6.07) is 3.79. The molecule has 1 fully saturated rings. The number of sulfonamides is 1. The first-order valence-electron chi connectivity index (χ1n) is 5.32. The molecule has 0 amide bonds. The number of benzene rings is 1. The largest absolute Gasteiger partial charge is 0.361 e. The lowest BCUT2D eigenvalue weighted by Gasteiger charge is -2.19. The van der Waals surface area contributed by atoms with Crippen molar-refractivity contribution in [3.05, 3.63) is 29.6 Å². The van der Waals surface area contributed by atoms with Crippen molar-refractivity contribution in [2.24, 2.45) is 0 Å². The van der Waals surface area contributed by atoms with Crippen molar-refractivity contribution >= 4 is 10.0 Å². The summed E-state index contributed by atoms with van der Waals surface area (Å²) in [5, 5.41) is 0. The minimum atomic E-state index is -3.59. The van der Waals surface area contributed by atoms with Crippen LogP contribution in [0.4, 0.5) is 4.39 Å². The maximum absolute atomic E-state index is 13.1. The topological polar surface area (TPSA) is 46.6 Å². The van der Waals surface area contributed by atoms with Crippen molar-refractivity contribution < 1.29 is 17.5 Å². The minimum Gasteiger partial charge on any atom is -0.361 e. The molecular formula is C11H14FNO3S. The summed E-state index contributed by atoms with van der Waals surface area (Å²) in [6.07, 6.45) is -0.467. The van der Waals surface area contributed by atoms with Crippen LogP contribution in [0.5, 0.6) is 0 Å². The van der Waals surface area contributed by atoms with Crippen molar-refractivity contribution in [2.75, 3.05) is 13.2 Å². The normalized spacial score (nSPS) is 21.9. The summed E-state index contributed by atoms with van der Waals surface area (Å²) in [6.45, 7) is 3.94. The van der Waals surface area contributed by atoms with E-state index in [-0.39, 0.29) is 4.90 Å². The molecule has 0 spiro atoms. The monoisotopic (exact) mass is 259 g/mol. The van der Waals surface area contributed by atoms with Gasteiger partial charge in [0, 0.05) is 6.54 Å². The summed E-state index contributed by atoms with van der Waals surface area (Å²) >= 11 is 0. The summed E-state index contributed by atoms with van der Waals surface area (Å²) in [7, 11) is -3.59. The van der Waals surface area contributed by atoms with Crippen LogP contribution in [-0.4, -0.2) is 32.1 Å². The lowest BCUT2D eigenvalue weighted by Crippen LogP contribution is -2.34. The Morgan fingerprint density at radius 1 is 1.47 bits per heavy atom. The van der Waals surface area contributed by atoms with Crippen LogP contribution in [-0.2, 0) is 14.8 Å². The Balaban J connectivity index is 2.41. The Bertz CT molecular complexity index is 530. The van der Waals surface area contributed by atoms with Gasteiger partial charge in [0.25, 0.3) is 0 Å². The highest BCUT2D eigenvalue weighted by atomic mass is 32.2. The van der Waals surface area contributed by atoms with E-state index in [9.17, 15) is 12.8 Å². The van der Waals surface area contributed by atoms with Crippen LogP contribution < -0.4 is 0 Å². The molecule has 1 aliphatic rings. The maximum atomic E-state index is 13.1. The zero-order chi connectivity index (χ0) is 12.6. The quantitative estimate of drug-likeness (QED) is 0.808. The van der Waals surface area contributed by atoms with Gasteiger partial charge >= 0.3 is 0 Å². The number of nitrogens with zero attached hydrogens (tertiary/aromatic N) is 1. The Morgan fingerprint density at radius 3 is 2.71 bits per heavy atom. The molecule has 1 aromatic carbocycles. The van der Waals surface area contributed by atoms with E-state index in [2.05, 4.69) is 0 Å². The number of aryl methyl sites for hydroxylation is 1. The van der Waals surface area contributed by atoms with Gasteiger partial charge in [0.15, 0.2) is 0 Å². The lowest BCUT2D eigenvalue weighted by atomic mass is 10.2. The van der Waals surface area contributed by atoms with Gasteiger partial charge in [-0.2, -0.15) is 4.31 Å². The molecule has 4 nitrogen and oxygen atoms in total. The first kappa shape index (κ1) is 12.5. The molecule has 0 aliphatic carbocycles. The second-order valence-corrected chi connectivity index (χ2v) is 5.89. The Hall–Kier alpha value is -0.980. The molecule has 1 saturated heterocycles. The van der Waals surface area contributed by atoms with Crippen molar-refractivity contribution in [3.8, 4) is 0 Å². The van der Waals surface area contributed by atoms with E-state index in [1.54, 1.807) is 6.92 Å². The molecule has 94 valence electrons. The van der Waals surface area contributed by atoms with Gasteiger partial charge in [0.1, 0.15) is 12.0 Å². The first-order valence-corrected chi connectivity index (χ1v) is 6.76. The number of halogens is 1. The third kappa shape index (κ3) is 2.20. The van der Waals surface area contributed by atoms with Crippen molar-refractivity contribution in [1.29, 1.82) is 0 Å². The third-order valence-electron chi connectivity index (χ3n) is 2.81. The fraction of sp³-hybridized carbons (Fsp3) is 0.455. The van der Waals surface area contributed by atoms with E-state index in [1.165, 1.54) is 29.4 Å². The summed E-state index contributed by atoms with van der Waals surface area (Å²) < 4.78 is 44.0. The third-order valence-corrected chi connectivity index (χ3v) is 4.76. The number of ether oxygens (including phenoxy) is 1. The molecule has 17 heavy (non-hydrogen) atoms. The summed E-state index contributed by atoms with van der Waals surface area (Å²) in [5.74, 6) is -0.408. The van der Waals surface area contributed by atoms with Crippen molar-refractivity contribution in [3.63, 3.8) is 0 Å². The number of hydrogen-bond donors (Lipinski definition) is 0. The second-order valence-electron chi connectivity index (χ2n) is 4.00. The van der Waals surface area contributed by atoms with Crippen LogP contribution in [0.1, 0.15) is 12.5 Å². The van der Waals surface area contributed by atoms with E-state index in [0.29, 0.717) is 18.7 Å². The highest BCUT2D eigenvalue weighted by Gasteiger charge is 2.33. The first-order chi connectivity index (χ1) is 7.93. The van der Waals surface area contributed by atoms with Gasteiger partial charge in [-0.1, -0.05) is 0 Å². The highest BCUT2D eigenvalue weighted by Crippen LogP contribution is 2.23. The van der Waals surface area contributed by atoms with Crippen molar-refractivity contribution in [2.45, 2.75) is 25.0 Å². The van der Waals surface area contributed by atoms with Crippen LogP contribution in [0.3, 0.4) is 0 Å². The molecule has 2 rings (SSSR count). The molecule has 1 heterocycles. The molecule has 6 heteroatoms. The van der Waals surface area contributed by atoms with Gasteiger partial charge in [-0.25, -0.2) is 12.8 Å². The Kier molecular flexibility index (Phi) is 3.20. The summed E-state index contributed by atoms with van der Waals surface area (Å²) in [4.78, 5) is 0.105. The molecule has 0 N–H and O–H groups in total. The lowest BCUT2D eigenvalue weighted by molar-refractivity contribution is 0.0846. The van der Waals surface area contributed by atoms with E-state index < -0.39 is 22.1 Å². The van der Waals surface area contributed by atoms with Crippen LogP contribution >= 0.6 is 0 Å². The van der Waals surface area contributed by atoms with Crippen LogP contribution in [0.25, 0.3) is 0 Å². The molecule has 0 aromatic heterocycles. The summed E-state index contributed by atoms with van der Waals surface area (Å²) in [5.41, 5.74) is 0.318. The Morgan fingerprint density at radius 2 is 2.18 bits per heavy atom. The average Bonchev–Trinajstić information content (AvgIpc) is 2.69. The average molecular weight is 259 g/mol. The molecule has 1 unspecified atom stereocenters. The van der Waals surface area contributed by atoms with E-state index >= 15 is 0 Å². The number of rotatable bonds is 2. The van der Waals surface area contributed by atoms with E-state index in [1.807, 2.05) is 0 Å². The van der Waals surface area contributed by atoms with E-state index in [0.717, 1.165) is 0 Å². The Labute approximate surface area is 100 Å². The van der Waals surface area contributed by atoms with Gasteiger partial charge in [0.2, 0.25) is 10.0 Å². The zero-order valence-electron chi connectivity index (χ0n) is 9.68. The van der Waals surface area contributed by atoms with Gasteiger partial charge in [-0.3, -0.25) is 0 Å². The minimum absolute atomic E-state index is 0.105. The molecule has 1 aliphatic heterocycles. The van der Waals surface area contributed by atoms with Crippen LogP contribution in [0, 0.1) is 12.7 Å². The second kappa shape index (κ2) is 4.36. The molecular weight excluding hydrogens is 245 g/mol. The van der Waals surface area contributed by atoms with E-state index in [4.69, 9.17) is 4.74 Å².